The van der Waals surface area contributed by atoms with Crippen molar-refractivity contribution in [2.45, 2.75) is 75.3 Å². The van der Waals surface area contributed by atoms with Crippen LogP contribution < -0.4 is 10.5 Å². The monoisotopic (exact) mass is 491 g/mol. The van der Waals surface area contributed by atoms with E-state index in [9.17, 15) is 23.1 Å². The standard InChI is InChI=1S/C27H32F3NO4/c1-34-23-4-2-3-17(14-23)5-6-18-7-8-20-15-21(10-9-19(20)13-18)22-11-12-26(31,16-22)24(32)35-25(33)27(28,29)30/h2-4,9-10,14-15,18,22,24,32H,5-8,11-13,16,31H2,1H3/t18?,22-,24?,26+/m0/s1. The first-order chi connectivity index (χ1) is 16.6. The Kier molecular flexibility index (Phi) is 7.43. The molecule has 1 fully saturated rings. The van der Waals surface area contributed by atoms with Crippen molar-refractivity contribution in [3.63, 3.8) is 0 Å². The molecule has 2 aliphatic carbocycles. The Labute approximate surface area is 203 Å². The third-order valence-corrected chi connectivity index (χ3v) is 7.53. The van der Waals surface area contributed by atoms with Crippen molar-refractivity contribution in [1.82, 2.24) is 0 Å². The molecule has 5 nitrogen and oxygen atoms in total. The van der Waals surface area contributed by atoms with Gasteiger partial charge in [-0.1, -0.05) is 30.3 Å². The van der Waals surface area contributed by atoms with Gasteiger partial charge in [0.1, 0.15) is 5.75 Å². The normalized spacial score (nSPS) is 25.1. The van der Waals surface area contributed by atoms with Crippen LogP contribution in [-0.2, 0) is 28.8 Å². The minimum absolute atomic E-state index is 0.00433. The summed E-state index contributed by atoms with van der Waals surface area (Å²) in [6.45, 7) is 0. The Morgan fingerprint density at radius 3 is 2.74 bits per heavy atom. The highest BCUT2D eigenvalue weighted by Gasteiger charge is 2.48. The summed E-state index contributed by atoms with van der Waals surface area (Å²) in [5.41, 5.74) is 9.77. The minimum Gasteiger partial charge on any atom is -0.497 e. The second-order valence-corrected chi connectivity index (χ2v) is 9.96. The summed E-state index contributed by atoms with van der Waals surface area (Å²) in [5, 5.41) is 10.1. The van der Waals surface area contributed by atoms with E-state index in [0.29, 0.717) is 12.3 Å². The summed E-state index contributed by atoms with van der Waals surface area (Å²) >= 11 is 0. The Hall–Kier alpha value is -2.58. The molecular weight excluding hydrogens is 459 g/mol. The van der Waals surface area contributed by atoms with Crippen molar-refractivity contribution >= 4 is 5.97 Å². The van der Waals surface area contributed by atoms with Gasteiger partial charge in [0.25, 0.3) is 0 Å². The van der Waals surface area contributed by atoms with Crippen molar-refractivity contribution < 1.29 is 32.5 Å². The average molecular weight is 492 g/mol. The first-order valence-corrected chi connectivity index (χ1v) is 12.1. The third kappa shape index (κ3) is 5.98. The number of aliphatic hydroxyl groups is 1. The molecule has 3 N–H and O–H groups in total. The number of alkyl halides is 3. The van der Waals surface area contributed by atoms with Gasteiger partial charge in [0, 0.05) is 0 Å². The summed E-state index contributed by atoms with van der Waals surface area (Å²) < 4.78 is 47.0. The third-order valence-electron chi connectivity index (χ3n) is 7.53. The number of benzene rings is 2. The summed E-state index contributed by atoms with van der Waals surface area (Å²) in [6, 6.07) is 14.6. The van der Waals surface area contributed by atoms with Crippen LogP contribution in [0.1, 0.15) is 60.3 Å². The molecule has 0 bridgehead atoms. The predicted molar refractivity (Wildman–Crippen MR) is 125 cm³/mol. The van der Waals surface area contributed by atoms with Crippen LogP contribution in [0.4, 0.5) is 13.2 Å². The number of hydrogen-bond acceptors (Lipinski definition) is 5. The number of aliphatic hydroxyl groups excluding tert-OH is 1. The zero-order chi connectivity index (χ0) is 25.2. The number of methoxy groups -OCH3 is 1. The lowest BCUT2D eigenvalue weighted by molar-refractivity contribution is -0.227. The first-order valence-electron chi connectivity index (χ1n) is 12.1. The molecule has 2 unspecified atom stereocenters. The number of ether oxygens (including phenoxy) is 2. The number of nitrogens with two attached hydrogens (primary N) is 1. The quantitative estimate of drug-likeness (QED) is 0.429. The van der Waals surface area contributed by atoms with E-state index in [2.05, 4.69) is 35.1 Å². The number of carbonyl (C=O) groups is 1. The van der Waals surface area contributed by atoms with Crippen molar-refractivity contribution in [2.75, 3.05) is 7.11 Å². The van der Waals surface area contributed by atoms with Gasteiger partial charge < -0.3 is 20.3 Å². The lowest BCUT2D eigenvalue weighted by Crippen LogP contribution is -2.51. The smallest absolute Gasteiger partial charge is 0.491 e. The molecule has 0 aliphatic heterocycles. The van der Waals surface area contributed by atoms with Crippen LogP contribution in [0.3, 0.4) is 0 Å². The van der Waals surface area contributed by atoms with Crippen LogP contribution in [0, 0.1) is 5.92 Å². The van der Waals surface area contributed by atoms with E-state index in [1.165, 1.54) is 16.7 Å². The Bertz CT molecular complexity index is 1060. The lowest BCUT2D eigenvalue weighted by atomic mass is 9.79. The van der Waals surface area contributed by atoms with E-state index in [1.807, 2.05) is 12.1 Å². The van der Waals surface area contributed by atoms with Gasteiger partial charge in [-0.15, -0.1) is 0 Å². The van der Waals surface area contributed by atoms with Crippen molar-refractivity contribution in [3.8, 4) is 5.75 Å². The van der Waals surface area contributed by atoms with Gasteiger partial charge in [-0.3, -0.25) is 0 Å². The Balaban J connectivity index is 1.34. The molecule has 2 aliphatic rings. The van der Waals surface area contributed by atoms with Gasteiger partial charge in [-0.2, -0.15) is 13.2 Å². The molecule has 190 valence electrons. The van der Waals surface area contributed by atoms with E-state index in [4.69, 9.17) is 10.5 Å². The summed E-state index contributed by atoms with van der Waals surface area (Å²) in [6.07, 6.45) is -0.788. The molecule has 0 spiro atoms. The number of carbonyl (C=O) groups excluding carboxylic acids is 1. The molecule has 0 radical (unpaired) electrons. The number of halogens is 3. The molecule has 0 aromatic heterocycles. The highest BCUT2D eigenvalue weighted by molar-refractivity contribution is 5.75. The number of aryl methyl sites for hydroxylation is 2. The van der Waals surface area contributed by atoms with Crippen molar-refractivity contribution in [3.05, 3.63) is 64.7 Å². The number of fused-ring (bicyclic) bond motifs is 1. The maximum absolute atomic E-state index is 12.5. The fourth-order valence-electron chi connectivity index (χ4n) is 5.45. The minimum atomic E-state index is -5.17. The molecule has 35 heavy (non-hydrogen) atoms. The van der Waals surface area contributed by atoms with E-state index >= 15 is 0 Å². The Morgan fingerprint density at radius 1 is 1.20 bits per heavy atom. The predicted octanol–water partition coefficient (Wildman–Crippen LogP) is 4.82. The van der Waals surface area contributed by atoms with E-state index in [1.54, 1.807) is 7.11 Å². The molecule has 4 atom stereocenters. The highest BCUT2D eigenvalue weighted by Crippen LogP contribution is 2.43. The first kappa shape index (κ1) is 25.5. The van der Waals surface area contributed by atoms with Gasteiger partial charge in [0.05, 0.1) is 12.6 Å². The zero-order valence-electron chi connectivity index (χ0n) is 19.8. The van der Waals surface area contributed by atoms with Crippen molar-refractivity contribution in [2.24, 2.45) is 11.7 Å². The Morgan fingerprint density at radius 2 is 2.00 bits per heavy atom. The maximum atomic E-state index is 12.5. The summed E-state index contributed by atoms with van der Waals surface area (Å²) in [5.74, 6) is -0.937. The van der Waals surface area contributed by atoms with E-state index < -0.39 is 24.0 Å². The van der Waals surface area contributed by atoms with Gasteiger partial charge in [0.15, 0.2) is 0 Å². The number of rotatable bonds is 7. The molecule has 0 saturated heterocycles. The molecule has 0 heterocycles. The van der Waals surface area contributed by atoms with Gasteiger partial charge >= 0.3 is 12.1 Å². The molecule has 4 rings (SSSR count). The number of hydrogen-bond donors (Lipinski definition) is 2. The highest BCUT2D eigenvalue weighted by atomic mass is 19.4. The molecule has 2 aromatic carbocycles. The fraction of sp³-hybridized carbons (Fsp3) is 0.519. The SMILES string of the molecule is COc1cccc(CCC2CCc3cc([C@H]4CC[C@](N)(C(O)OC(=O)C(F)(F)F)C4)ccc3C2)c1. The molecule has 0 amide bonds. The topological polar surface area (TPSA) is 81.8 Å². The van der Waals surface area contributed by atoms with Gasteiger partial charge in [0.2, 0.25) is 6.29 Å². The average Bonchev–Trinajstić information content (AvgIpc) is 3.25. The second kappa shape index (κ2) is 10.2. The van der Waals surface area contributed by atoms with Crippen LogP contribution in [-0.4, -0.2) is 36.2 Å². The van der Waals surface area contributed by atoms with Crippen LogP contribution in [0.25, 0.3) is 0 Å². The van der Waals surface area contributed by atoms with Gasteiger partial charge in [-0.25, -0.2) is 4.79 Å². The van der Waals surface area contributed by atoms with Crippen LogP contribution in [0.15, 0.2) is 42.5 Å². The molecule has 8 heteroatoms. The maximum Gasteiger partial charge on any atom is 0.491 e. The van der Waals surface area contributed by atoms with Crippen LogP contribution in [0.2, 0.25) is 0 Å². The van der Waals surface area contributed by atoms with Crippen LogP contribution in [0.5, 0.6) is 5.75 Å². The number of esters is 1. The molecule has 2 aromatic rings. The largest absolute Gasteiger partial charge is 0.497 e. The second-order valence-electron chi connectivity index (χ2n) is 9.96. The fourth-order valence-corrected chi connectivity index (χ4v) is 5.45. The lowest BCUT2D eigenvalue weighted by Gasteiger charge is -2.30. The summed E-state index contributed by atoms with van der Waals surface area (Å²) in [4.78, 5) is 11.1. The van der Waals surface area contributed by atoms with Crippen LogP contribution >= 0.6 is 0 Å². The summed E-state index contributed by atoms with van der Waals surface area (Å²) in [7, 11) is 1.68. The van der Waals surface area contributed by atoms with E-state index in [-0.39, 0.29) is 18.8 Å². The van der Waals surface area contributed by atoms with Crippen molar-refractivity contribution in [1.29, 1.82) is 0 Å². The van der Waals surface area contributed by atoms with Gasteiger partial charge in [-0.05, 0) is 97.6 Å². The zero-order valence-corrected chi connectivity index (χ0v) is 19.8. The molecular formula is C27H32F3NO4. The molecule has 1 saturated carbocycles. The van der Waals surface area contributed by atoms with E-state index in [0.717, 1.165) is 43.4 Å².